The molecular weight excluding hydrogens is 399 g/mol. The van der Waals surface area contributed by atoms with Crippen LogP contribution in [0.4, 0.5) is 6.01 Å². The van der Waals surface area contributed by atoms with Gasteiger partial charge in [-0.05, 0) is 49.6 Å². The van der Waals surface area contributed by atoms with E-state index in [4.69, 9.17) is 32.4 Å². The minimum Gasteiger partial charge on any atom is -0.466 e. The molecular formula is C21H20Cl2N2O3. The van der Waals surface area contributed by atoms with Gasteiger partial charge in [0.15, 0.2) is 5.58 Å². The van der Waals surface area contributed by atoms with Gasteiger partial charge in [0.05, 0.1) is 17.5 Å². The smallest absolute Gasteiger partial charge is 0.309 e. The minimum atomic E-state index is -0.113. The Labute approximate surface area is 173 Å². The third-order valence-electron chi connectivity index (χ3n) is 4.99. The molecule has 28 heavy (non-hydrogen) atoms. The van der Waals surface area contributed by atoms with E-state index < -0.39 is 0 Å². The van der Waals surface area contributed by atoms with Crippen LogP contribution >= 0.6 is 23.2 Å². The summed E-state index contributed by atoms with van der Waals surface area (Å²) < 4.78 is 11.1. The lowest BCUT2D eigenvalue weighted by atomic mass is 9.97. The summed E-state index contributed by atoms with van der Waals surface area (Å²) in [5.74, 6) is -0.165. The predicted molar refractivity (Wildman–Crippen MR) is 111 cm³/mol. The summed E-state index contributed by atoms with van der Waals surface area (Å²) in [6.07, 6.45) is 1.46. The summed E-state index contributed by atoms with van der Waals surface area (Å²) in [5, 5.41) is 1.24. The molecule has 0 bridgehead atoms. The number of ether oxygens (including phenoxy) is 1. The number of benzene rings is 2. The summed E-state index contributed by atoms with van der Waals surface area (Å²) in [4.78, 5) is 18.6. The summed E-state index contributed by atoms with van der Waals surface area (Å²) in [5.41, 5.74) is 3.15. The fourth-order valence-electron chi connectivity index (χ4n) is 3.52. The fraction of sp³-hybridized carbons (Fsp3) is 0.333. The van der Waals surface area contributed by atoms with Crippen molar-refractivity contribution in [3.05, 3.63) is 46.4 Å². The van der Waals surface area contributed by atoms with E-state index in [1.807, 2.05) is 43.3 Å². The van der Waals surface area contributed by atoms with Crippen molar-refractivity contribution in [1.29, 1.82) is 0 Å². The van der Waals surface area contributed by atoms with Gasteiger partial charge in [0.25, 0.3) is 6.01 Å². The standard InChI is InChI=1S/C21H20Cl2N2O3/c1-2-27-20(26)13-6-8-25(9-7-13)21-24-18-12-17(23)16(11-19(18)28-21)14-4-3-5-15(22)10-14/h3-5,10-13H,2,6-9H2,1H3. The van der Waals surface area contributed by atoms with Crippen LogP contribution in [0.15, 0.2) is 40.8 Å². The first-order valence-electron chi connectivity index (χ1n) is 9.32. The summed E-state index contributed by atoms with van der Waals surface area (Å²) >= 11 is 12.6. The van der Waals surface area contributed by atoms with Crippen molar-refractivity contribution in [1.82, 2.24) is 4.98 Å². The number of carbonyl (C=O) groups excluding carboxylic acids is 1. The largest absolute Gasteiger partial charge is 0.466 e. The van der Waals surface area contributed by atoms with E-state index >= 15 is 0 Å². The summed E-state index contributed by atoms with van der Waals surface area (Å²) in [6.45, 7) is 3.64. The average Bonchev–Trinajstić information content (AvgIpc) is 3.10. The molecule has 1 aliphatic heterocycles. The van der Waals surface area contributed by atoms with Crippen molar-refractivity contribution in [3.63, 3.8) is 0 Å². The number of carbonyl (C=O) groups is 1. The van der Waals surface area contributed by atoms with Gasteiger partial charge in [-0.3, -0.25) is 4.79 Å². The van der Waals surface area contributed by atoms with E-state index in [9.17, 15) is 4.79 Å². The highest BCUT2D eigenvalue weighted by Crippen LogP contribution is 2.35. The van der Waals surface area contributed by atoms with E-state index in [1.54, 1.807) is 0 Å². The van der Waals surface area contributed by atoms with Crippen LogP contribution in [0.2, 0.25) is 10.0 Å². The second-order valence-electron chi connectivity index (χ2n) is 6.82. The van der Waals surface area contributed by atoms with Gasteiger partial charge < -0.3 is 14.1 Å². The van der Waals surface area contributed by atoms with Crippen molar-refractivity contribution in [3.8, 4) is 11.1 Å². The Kier molecular flexibility index (Phi) is 5.47. The Bertz CT molecular complexity index is 1010. The summed E-state index contributed by atoms with van der Waals surface area (Å²) in [6, 6.07) is 11.8. The fourth-order valence-corrected chi connectivity index (χ4v) is 3.97. The van der Waals surface area contributed by atoms with Gasteiger partial charge in [0, 0.05) is 23.7 Å². The van der Waals surface area contributed by atoms with Crippen LogP contribution in [0.1, 0.15) is 19.8 Å². The van der Waals surface area contributed by atoms with E-state index in [1.165, 1.54) is 0 Å². The second kappa shape index (κ2) is 8.02. The third-order valence-corrected chi connectivity index (χ3v) is 5.53. The van der Waals surface area contributed by atoms with Crippen LogP contribution in [0.3, 0.4) is 0 Å². The lowest BCUT2D eigenvalue weighted by Crippen LogP contribution is -2.37. The Morgan fingerprint density at radius 3 is 2.75 bits per heavy atom. The number of hydrogen-bond donors (Lipinski definition) is 0. The van der Waals surface area contributed by atoms with Gasteiger partial charge in [-0.15, -0.1) is 0 Å². The quantitative estimate of drug-likeness (QED) is 0.517. The van der Waals surface area contributed by atoms with Crippen molar-refractivity contribution in [2.75, 3.05) is 24.6 Å². The molecule has 1 fully saturated rings. The molecule has 0 spiro atoms. The molecule has 0 radical (unpaired) electrons. The maximum atomic E-state index is 11.9. The highest BCUT2D eigenvalue weighted by Gasteiger charge is 2.28. The number of nitrogens with zero attached hydrogens (tertiary/aromatic N) is 2. The highest BCUT2D eigenvalue weighted by atomic mass is 35.5. The third kappa shape index (κ3) is 3.82. The monoisotopic (exact) mass is 418 g/mol. The highest BCUT2D eigenvalue weighted by molar-refractivity contribution is 6.34. The molecule has 0 amide bonds. The van der Waals surface area contributed by atoms with Gasteiger partial charge >= 0.3 is 5.97 Å². The molecule has 0 aliphatic carbocycles. The SMILES string of the molecule is CCOC(=O)C1CCN(c2nc3cc(Cl)c(-c4cccc(Cl)c4)cc3o2)CC1. The van der Waals surface area contributed by atoms with E-state index in [0.29, 0.717) is 46.9 Å². The van der Waals surface area contributed by atoms with Crippen LogP contribution < -0.4 is 4.90 Å². The number of hydrogen-bond acceptors (Lipinski definition) is 5. The number of oxazole rings is 1. The normalized spacial score (nSPS) is 15.2. The predicted octanol–water partition coefficient (Wildman–Crippen LogP) is 5.58. The molecule has 5 nitrogen and oxygen atoms in total. The molecule has 0 unspecified atom stereocenters. The van der Waals surface area contributed by atoms with E-state index in [0.717, 1.165) is 24.0 Å². The molecule has 0 saturated carbocycles. The maximum Gasteiger partial charge on any atom is 0.309 e. The second-order valence-corrected chi connectivity index (χ2v) is 7.66. The molecule has 1 aromatic heterocycles. The molecule has 4 rings (SSSR count). The number of rotatable bonds is 4. The molecule has 146 valence electrons. The zero-order valence-corrected chi connectivity index (χ0v) is 17.0. The van der Waals surface area contributed by atoms with Gasteiger partial charge in [-0.2, -0.15) is 4.98 Å². The van der Waals surface area contributed by atoms with Crippen LogP contribution in [0.5, 0.6) is 0 Å². The number of halogens is 2. The van der Waals surface area contributed by atoms with E-state index in [-0.39, 0.29) is 11.9 Å². The molecule has 7 heteroatoms. The zero-order chi connectivity index (χ0) is 19.7. The first-order valence-corrected chi connectivity index (χ1v) is 10.1. The first-order chi connectivity index (χ1) is 13.5. The van der Waals surface area contributed by atoms with Crippen molar-refractivity contribution in [2.45, 2.75) is 19.8 Å². The lowest BCUT2D eigenvalue weighted by Gasteiger charge is -2.29. The Balaban J connectivity index is 1.56. The molecule has 1 aliphatic rings. The molecule has 2 heterocycles. The minimum absolute atomic E-state index is 0.0514. The van der Waals surface area contributed by atoms with Crippen LogP contribution in [-0.2, 0) is 9.53 Å². The Hall–Kier alpha value is -2.24. The van der Waals surface area contributed by atoms with Crippen LogP contribution in [0, 0.1) is 5.92 Å². The van der Waals surface area contributed by atoms with Gasteiger partial charge in [-0.1, -0.05) is 35.3 Å². The Morgan fingerprint density at radius 1 is 1.25 bits per heavy atom. The average molecular weight is 419 g/mol. The maximum absolute atomic E-state index is 11.9. The van der Waals surface area contributed by atoms with Crippen molar-refractivity contribution >= 4 is 46.3 Å². The van der Waals surface area contributed by atoms with Crippen LogP contribution in [0.25, 0.3) is 22.2 Å². The first kappa shape index (κ1) is 19.1. The number of esters is 1. The van der Waals surface area contributed by atoms with E-state index in [2.05, 4.69) is 9.88 Å². The number of piperidine rings is 1. The molecule has 3 aromatic rings. The van der Waals surface area contributed by atoms with Crippen molar-refractivity contribution in [2.24, 2.45) is 5.92 Å². The van der Waals surface area contributed by atoms with Gasteiger partial charge in [0.2, 0.25) is 0 Å². The van der Waals surface area contributed by atoms with Gasteiger partial charge in [-0.25, -0.2) is 0 Å². The van der Waals surface area contributed by atoms with Crippen LogP contribution in [-0.4, -0.2) is 30.6 Å². The molecule has 0 N–H and O–H groups in total. The zero-order valence-electron chi connectivity index (χ0n) is 15.5. The molecule has 0 atom stereocenters. The lowest BCUT2D eigenvalue weighted by molar-refractivity contribution is -0.148. The number of aromatic nitrogens is 1. The van der Waals surface area contributed by atoms with Crippen molar-refractivity contribution < 1.29 is 13.9 Å². The molecule has 1 saturated heterocycles. The molecule has 2 aromatic carbocycles. The topological polar surface area (TPSA) is 55.6 Å². The number of anilines is 1. The number of fused-ring (bicyclic) bond motifs is 1. The Morgan fingerprint density at radius 2 is 2.04 bits per heavy atom. The van der Waals surface area contributed by atoms with Gasteiger partial charge in [0.1, 0.15) is 5.52 Å². The summed E-state index contributed by atoms with van der Waals surface area (Å²) in [7, 11) is 0.